The van der Waals surface area contributed by atoms with E-state index in [1.54, 1.807) is 12.1 Å². The Bertz CT molecular complexity index is 909. The monoisotopic (exact) mass is 372 g/mol. The van der Waals surface area contributed by atoms with Crippen LogP contribution in [0.1, 0.15) is 13.3 Å². The molecule has 136 valence electrons. The highest BCUT2D eigenvalue weighted by molar-refractivity contribution is 7.90. The molecule has 1 amide bonds. The average Bonchev–Trinajstić information content (AvgIpc) is 2.62. The lowest BCUT2D eigenvalue weighted by molar-refractivity contribution is -0.114. The maximum atomic E-state index is 12.7. The summed E-state index contributed by atoms with van der Waals surface area (Å²) in [5, 5.41) is 2.61. The molecule has 8 heteroatoms. The van der Waals surface area contributed by atoms with E-state index in [-0.39, 0.29) is 10.8 Å². The molecular formula is C18H20N4O3S. The van der Waals surface area contributed by atoms with Gasteiger partial charge in [-0.3, -0.25) is 9.79 Å². The summed E-state index contributed by atoms with van der Waals surface area (Å²) >= 11 is 0. The second kappa shape index (κ2) is 7.57. The van der Waals surface area contributed by atoms with Gasteiger partial charge in [0.15, 0.2) is 0 Å². The molecule has 0 radical (unpaired) electrons. The van der Waals surface area contributed by atoms with Crippen LogP contribution in [0.2, 0.25) is 0 Å². The van der Waals surface area contributed by atoms with E-state index in [0.717, 1.165) is 12.1 Å². The number of nitrogens with one attached hydrogen (secondary N) is 2. The van der Waals surface area contributed by atoms with Crippen molar-refractivity contribution in [3.8, 4) is 0 Å². The van der Waals surface area contributed by atoms with Crippen molar-refractivity contribution >= 4 is 33.3 Å². The number of guanidine groups is 1. The number of carbonyl (C=O) groups is 1. The molecule has 3 rings (SSSR count). The predicted molar refractivity (Wildman–Crippen MR) is 102 cm³/mol. The first-order valence-electron chi connectivity index (χ1n) is 8.23. The second-order valence-electron chi connectivity index (χ2n) is 5.86. The number of hydrogen-bond acceptors (Lipinski definition) is 5. The molecule has 0 atom stereocenters. The number of para-hydroxylation sites is 1. The molecule has 26 heavy (non-hydrogen) atoms. The second-order valence-corrected chi connectivity index (χ2v) is 7.54. The molecule has 0 unspecified atom stereocenters. The Morgan fingerprint density at radius 2 is 1.77 bits per heavy atom. The molecule has 0 bridgehead atoms. The van der Waals surface area contributed by atoms with E-state index < -0.39 is 10.0 Å². The summed E-state index contributed by atoms with van der Waals surface area (Å²) in [4.78, 5) is 17.4. The van der Waals surface area contributed by atoms with E-state index in [2.05, 4.69) is 15.0 Å². The fourth-order valence-corrected chi connectivity index (χ4v) is 3.68. The average molecular weight is 372 g/mol. The SMILES string of the molecule is CC(=O)Nc1ccc(S(=O)(=O)NC2=NCCCN2c2ccccc2)cc1. The van der Waals surface area contributed by atoms with Gasteiger partial charge in [-0.05, 0) is 42.8 Å². The van der Waals surface area contributed by atoms with Crippen LogP contribution in [0.3, 0.4) is 0 Å². The van der Waals surface area contributed by atoms with Gasteiger partial charge in [-0.15, -0.1) is 0 Å². The van der Waals surface area contributed by atoms with Gasteiger partial charge < -0.3 is 10.2 Å². The van der Waals surface area contributed by atoms with Crippen LogP contribution in [0.5, 0.6) is 0 Å². The number of nitrogens with zero attached hydrogens (tertiary/aromatic N) is 2. The zero-order valence-corrected chi connectivity index (χ0v) is 15.2. The maximum absolute atomic E-state index is 12.7. The van der Waals surface area contributed by atoms with Gasteiger partial charge in [0, 0.05) is 31.4 Å². The van der Waals surface area contributed by atoms with Gasteiger partial charge >= 0.3 is 0 Å². The van der Waals surface area contributed by atoms with Crippen molar-refractivity contribution in [2.24, 2.45) is 4.99 Å². The number of anilines is 2. The predicted octanol–water partition coefficient (Wildman–Crippen LogP) is 2.19. The molecular weight excluding hydrogens is 352 g/mol. The molecule has 0 aromatic heterocycles. The van der Waals surface area contributed by atoms with E-state index in [4.69, 9.17) is 0 Å². The van der Waals surface area contributed by atoms with Gasteiger partial charge in [0.25, 0.3) is 10.0 Å². The molecule has 0 saturated heterocycles. The lowest BCUT2D eigenvalue weighted by Crippen LogP contribution is -2.47. The summed E-state index contributed by atoms with van der Waals surface area (Å²) in [6.07, 6.45) is 0.853. The highest BCUT2D eigenvalue weighted by atomic mass is 32.2. The molecule has 1 aliphatic heterocycles. The van der Waals surface area contributed by atoms with Gasteiger partial charge in [-0.2, -0.15) is 0 Å². The standard InChI is InChI=1S/C18H20N4O3S/c1-14(23)20-15-8-10-17(11-9-15)26(24,25)21-18-19-12-5-13-22(18)16-6-3-2-4-7-16/h2-4,6-11H,5,12-13H2,1H3,(H,19,21)(H,20,23). The topological polar surface area (TPSA) is 90.9 Å². The maximum Gasteiger partial charge on any atom is 0.264 e. The van der Waals surface area contributed by atoms with Crippen LogP contribution in [0.15, 0.2) is 64.5 Å². The molecule has 2 aromatic carbocycles. The lowest BCUT2D eigenvalue weighted by Gasteiger charge is -2.29. The zero-order chi connectivity index (χ0) is 18.6. The Morgan fingerprint density at radius 3 is 2.42 bits per heavy atom. The minimum Gasteiger partial charge on any atom is -0.326 e. The zero-order valence-electron chi connectivity index (χ0n) is 14.3. The van der Waals surface area contributed by atoms with Crippen molar-refractivity contribution in [1.29, 1.82) is 0 Å². The summed E-state index contributed by atoms with van der Waals surface area (Å²) in [7, 11) is -3.78. The fourth-order valence-electron chi connectivity index (χ4n) is 2.65. The number of hydrogen-bond donors (Lipinski definition) is 2. The van der Waals surface area contributed by atoms with E-state index in [0.29, 0.717) is 24.7 Å². The quantitative estimate of drug-likeness (QED) is 0.861. The Morgan fingerprint density at radius 1 is 1.08 bits per heavy atom. The van der Waals surface area contributed by atoms with Crippen LogP contribution in [-0.2, 0) is 14.8 Å². The number of benzene rings is 2. The molecule has 2 N–H and O–H groups in total. The fraction of sp³-hybridized carbons (Fsp3) is 0.222. The summed E-state index contributed by atoms with van der Waals surface area (Å²) in [6, 6.07) is 15.5. The van der Waals surface area contributed by atoms with Crippen molar-refractivity contribution in [2.45, 2.75) is 18.2 Å². The normalized spacial score (nSPS) is 14.5. The van der Waals surface area contributed by atoms with Crippen molar-refractivity contribution < 1.29 is 13.2 Å². The van der Waals surface area contributed by atoms with Crippen molar-refractivity contribution in [3.63, 3.8) is 0 Å². The van der Waals surface area contributed by atoms with Crippen LogP contribution in [0, 0.1) is 0 Å². The minimum atomic E-state index is -3.78. The van der Waals surface area contributed by atoms with E-state index in [9.17, 15) is 13.2 Å². The number of sulfonamides is 1. The molecule has 1 aliphatic rings. The molecule has 0 saturated carbocycles. The van der Waals surface area contributed by atoms with Gasteiger partial charge in [-0.25, -0.2) is 13.1 Å². The third-order valence-corrected chi connectivity index (χ3v) is 5.18. The number of aliphatic imine (C=N–C) groups is 1. The minimum absolute atomic E-state index is 0.105. The van der Waals surface area contributed by atoms with Crippen LogP contribution in [0.25, 0.3) is 0 Å². The van der Waals surface area contributed by atoms with E-state index in [1.165, 1.54) is 19.1 Å². The molecule has 0 aliphatic carbocycles. The Kier molecular flexibility index (Phi) is 5.22. The largest absolute Gasteiger partial charge is 0.326 e. The Labute approximate surface area is 152 Å². The highest BCUT2D eigenvalue weighted by Crippen LogP contribution is 2.19. The number of carbonyl (C=O) groups excluding carboxylic acids is 1. The van der Waals surface area contributed by atoms with Crippen LogP contribution in [-0.4, -0.2) is 33.4 Å². The van der Waals surface area contributed by atoms with Gasteiger partial charge in [-0.1, -0.05) is 18.2 Å². The lowest BCUT2D eigenvalue weighted by atomic mass is 10.2. The third-order valence-electron chi connectivity index (χ3n) is 3.84. The van der Waals surface area contributed by atoms with Gasteiger partial charge in [0.05, 0.1) is 4.90 Å². The van der Waals surface area contributed by atoms with Crippen LogP contribution >= 0.6 is 0 Å². The first kappa shape index (κ1) is 17.9. The molecule has 0 fully saturated rings. The summed E-state index contributed by atoms with van der Waals surface area (Å²) in [5.41, 5.74) is 1.42. The van der Waals surface area contributed by atoms with Crippen LogP contribution < -0.4 is 14.9 Å². The van der Waals surface area contributed by atoms with E-state index in [1.807, 2.05) is 35.2 Å². The Balaban J connectivity index is 1.81. The number of rotatable bonds is 4. The van der Waals surface area contributed by atoms with Gasteiger partial charge in [0.1, 0.15) is 0 Å². The van der Waals surface area contributed by atoms with Crippen LogP contribution in [0.4, 0.5) is 11.4 Å². The first-order valence-corrected chi connectivity index (χ1v) is 9.71. The molecule has 1 heterocycles. The van der Waals surface area contributed by atoms with Crippen molar-refractivity contribution in [1.82, 2.24) is 4.72 Å². The van der Waals surface area contributed by atoms with Crippen molar-refractivity contribution in [3.05, 3.63) is 54.6 Å². The highest BCUT2D eigenvalue weighted by Gasteiger charge is 2.23. The first-order chi connectivity index (χ1) is 12.5. The Hall–Kier alpha value is -2.87. The van der Waals surface area contributed by atoms with Crippen molar-refractivity contribution in [2.75, 3.05) is 23.3 Å². The van der Waals surface area contributed by atoms with E-state index >= 15 is 0 Å². The molecule has 2 aromatic rings. The third kappa shape index (κ3) is 4.20. The number of amides is 1. The molecule has 0 spiro atoms. The summed E-state index contributed by atoms with van der Waals surface area (Å²) in [5.74, 6) is 0.0992. The molecule has 7 nitrogen and oxygen atoms in total. The van der Waals surface area contributed by atoms with Gasteiger partial charge in [0.2, 0.25) is 11.9 Å². The summed E-state index contributed by atoms with van der Waals surface area (Å²) in [6.45, 7) is 2.65. The smallest absolute Gasteiger partial charge is 0.264 e. The summed E-state index contributed by atoms with van der Waals surface area (Å²) < 4.78 is 28.0.